The Hall–Kier alpha value is -4.24. The van der Waals surface area contributed by atoms with E-state index in [1.807, 2.05) is 0 Å². The molecule has 7 heterocycles. The molecule has 7 rings (SSSR count). The Bertz CT molecular complexity index is 1980. The second-order valence-corrected chi connectivity index (χ2v) is 8.69. The van der Waals surface area contributed by atoms with E-state index >= 15 is 0 Å². The van der Waals surface area contributed by atoms with Gasteiger partial charge >= 0.3 is 12.3 Å². The number of hydrogen-bond donors (Lipinski definition) is 1. The Morgan fingerprint density at radius 3 is 1.48 bits per heavy atom. The number of rotatable bonds is 4. The molecule has 0 aromatic rings. The summed E-state index contributed by atoms with van der Waals surface area (Å²) in [5.74, 6) is -11.5. The summed E-state index contributed by atoms with van der Waals surface area (Å²) in [6.07, 6.45) is -25.1. The van der Waals surface area contributed by atoms with Crippen LogP contribution in [0.15, 0.2) is 0 Å². The van der Waals surface area contributed by atoms with Crippen molar-refractivity contribution in [3.63, 3.8) is 0 Å². The van der Waals surface area contributed by atoms with Crippen molar-refractivity contribution >= 4 is 47.8 Å². The number of ether oxygens (including phenoxy) is 5. The van der Waals surface area contributed by atoms with Gasteiger partial charge < -0.3 is 28.8 Å². The second kappa shape index (κ2) is 14.5. The molecule has 0 aromatic carbocycles. The third-order valence-electron chi connectivity index (χ3n) is 5.69. The maximum Gasteiger partial charge on any atom is 0.560 e. The molecule has 0 spiro atoms. The quantitative estimate of drug-likeness (QED) is 0.277. The minimum absolute atomic E-state index is 0.000696. The Labute approximate surface area is 284 Å². The van der Waals surface area contributed by atoms with Gasteiger partial charge in [-0.1, -0.05) is 15.2 Å². The highest BCUT2D eigenvalue weighted by atomic mass is 16.9. The zero-order chi connectivity index (χ0) is 49.3. The standard InChI is InChI=1S/C11H13NO7.C9H8N2O7.C6H10O3/c13-8-1-2-9(14)12(8)19-11(15)18-7-5-17-10-6(7)3-4-16-10;12-5-1-2-6(13)10(5)17-9(16)18-11-7(14)3-4-8(11)15;7-5-3-9-6-4(5)1-2-8-6/h6-7,10H,1-5H2;1-4H2;4-7H,1-3H2/t6-,7-,10+;;4-,5-,6+/m0.0/s1/i3D2,4D2,5D2,6D,7D,10D;;1D2,2D2,3D2,4D,5D,6D. The van der Waals surface area contributed by atoms with Crippen molar-refractivity contribution in [3.05, 3.63) is 0 Å². The molecule has 0 bridgehead atoms. The number of carbonyl (C=O) groups is 8. The van der Waals surface area contributed by atoms with Crippen molar-refractivity contribution in [2.24, 2.45) is 11.8 Å². The summed E-state index contributed by atoms with van der Waals surface area (Å²) in [6.45, 7) is -13.4. The molecule has 7 aliphatic heterocycles. The number of nitrogens with zero attached hydrogens (tertiary/aromatic N) is 3. The van der Waals surface area contributed by atoms with Gasteiger partial charge in [-0.3, -0.25) is 43.3 Å². The molecule has 20 heteroatoms. The molecule has 6 atom stereocenters. The van der Waals surface area contributed by atoms with Gasteiger partial charge in [-0.2, -0.15) is 4.79 Å². The van der Waals surface area contributed by atoms with Gasteiger partial charge in [-0.05, 0) is 12.7 Å². The molecule has 252 valence electrons. The fraction of sp³-hybridized carbons (Fsp3) is 0.692. The number of imide groups is 3. The van der Waals surface area contributed by atoms with Crippen molar-refractivity contribution in [3.8, 4) is 0 Å². The number of hydrogen-bond acceptors (Lipinski definition) is 17. The summed E-state index contributed by atoms with van der Waals surface area (Å²) in [5, 5.41) is 10.3. The van der Waals surface area contributed by atoms with Gasteiger partial charge in [-0.25, -0.2) is 4.79 Å². The van der Waals surface area contributed by atoms with Crippen LogP contribution in [-0.2, 0) is 67.0 Å². The minimum atomic E-state index is -3.74. The Morgan fingerprint density at radius 2 is 1.02 bits per heavy atom. The fourth-order valence-electron chi connectivity index (χ4n) is 3.58. The van der Waals surface area contributed by atoms with Crippen LogP contribution in [0.5, 0.6) is 0 Å². The van der Waals surface area contributed by atoms with E-state index in [4.69, 9.17) is 24.7 Å². The zero-order valence-corrected chi connectivity index (χ0v) is 22.6. The summed E-state index contributed by atoms with van der Waals surface area (Å²) in [6, 6.07) is 0. The van der Waals surface area contributed by atoms with E-state index in [1.54, 1.807) is 0 Å². The minimum Gasteiger partial charge on any atom is -0.426 e. The highest BCUT2D eigenvalue weighted by molar-refractivity contribution is 6.03. The van der Waals surface area contributed by atoms with Crippen LogP contribution in [0.2, 0.25) is 0 Å². The molecule has 0 unspecified atom stereocenters. The molecule has 7 fully saturated rings. The van der Waals surface area contributed by atoms with Crippen LogP contribution in [0.4, 0.5) is 9.59 Å². The molecule has 6 amide bonds. The van der Waals surface area contributed by atoms with E-state index in [9.17, 15) is 43.5 Å². The second-order valence-electron chi connectivity index (χ2n) is 8.69. The van der Waals surface area contributed by atoms with E-state index in [0.717, 1.165) is 0 Å². The molecular weight excluding hydrogens is 626 g/mol. The van der Waals surface area contributed by atoms with Gasteiger partial charge in [0.2, 0.25) is 0 Å². The normalized spacial score (nSPS) is 53.3. The maximum absolute atomic E-state index is 12.0. The van der Waals surface area contributed by atoms with E-state index in [0.29, 0.717) is 0 Å². The van der Waals surface area contributed by atoms with Crippen LogP contribution >= 0.6 is 0 Å². The topological polar surface area (TPSA) is 240 Å². The lowest BCUT2D eigenvalue weighted by Crippen LogP contribution is -2.37. The molecule has 0 aromatic heterocycles. The van der Waals surface area contributed by atoms with Crippen LogP contribution in [0.3, 0.4) is 0 Å². The monoisotopic (exact) mass is 675 g/mol. The zero-order valence-electron chi connectivity index (χ0n) is 40.6. The van der Waals surface area contributed by atoms with E-state index in [1.165, 1.54) is 0 Å². The fourth-order valence-corrected chi connectivity index (χ4v) is 3.58. The molecule has 0 saturated carbocycles. The van der Waals surface area contributed by atoms with Gasteiger partial charge in [-0.15, -0.1) is 0 Å². The molecule has 7 saturated heterocycles. The largest absolute Gasteiger partial charge is 0.560 e. The highest BCUT2D eigenvalue weighted by Crippen LogP contribution is 2.33. The lowest BCUT2D eigenvalue weighted by atomic mass is 10.0. The van der Waals surface area contributed by atoms with Gasteiger partial charge in [0.25, 0.3) is 35.4 Å². The van der Waals surface area contributed by atoms with Crippen LogP contribution in [0.1, 0.15) is 75.9 Å². The average Bonchev–Trinajstić information content (AvgIpc) is 3.84. The number of amides is 6. The van der Waals surface area contributed by atoms with Crippen LogP contribution in [0.25, 0.3) is 0 Å². The number of carbonyl (C=O) groups excluding carboxylic acids is 8. The Kier molecular flexibility index (Phi) is 5.36. The van der Waals surface area contributed by atoms with Gasteiger partial charge in [0, 0.05) is 52.6 Å². The summed E-state index contributed by atoms with van der Waals surface area (Å²) in [5.41, 5.74) is 0. The molecule has 0 aliphatic carbocycles. The summed E-state index contributed by atoms with van der Waals surface area (Å²) < 4.78 is 159. The van der Waals surface area contributed by atoms with Crippen LogP contribution < -0.4 is 0 Å². The van der Waals surface area contributed by atoms with Crippen LogP contribution in [0, 0.1) is 11.8 Å². The first-order valence-electron chi connectivity index (χ1n) is 21.5. The maximum atomic E-state index is 12.0. The smallest absolute Gasteiger partial charge is 0.426 e. The lowest BCUT2D eigenvalue weighted by molar-refractivity contribution is -0.198. The summed E-state index contributed by atoms with van der Waals surface area (Å²) in [7, 11) is 0. The highest BCUT2D eigenvalue weighted by Gasteiger charge is 2.45. The van der Waals surface area contributed by atoms with Crippen molar-refractivity contribution in [1.82, 2.24) is 15.2 Å². The van der Waals surface area contributed by atoms with E-state index in [-0.39, 0.29) is 53.7 Å². The summed E-state index contributed by atoms with van der Waals surface area (Å²) in [4.78, 5) is 104. The SMILES string of the molecule is O=C(ON1C(=O)CCC1=O)ON1C(=O)CCC1=O.[2H]C1([2H])O[C@]2([2H])OC([2H])([2H])[C@]([2H])(O)[C@]2([2H])C1([2H])[2H].[2H]C1([2H])O[C@]2([2H])OC([2H])([2H])[C@]([2H])(OC(=O)ON3C(=O)CCC3=O)[C@]2([2H])C1([2H])[2H]. The Morgan fingerprint density at radius 1 is 0.630 bits per heavy atom. The number of hydroxylamine groups is 6. The molecule has 46 heavy (non-hydrogen) atoms. The van der Waals surface area contributed by atoms with Crippen LogP contribution in [-0.4, -0.2) is 119 Å². The lowest BCUT2D eigenvalue weighted by Gasteiger charge is -2.17. The molecule has 1 N–H and O–H groups in total. The first kappa shape index (κ1) is 17.1. The molecule has 20 nitrogen and oxygen atoms in total. The van der Waals surface area contributed by atoms with Crippen molar-refractivity contribution in [1.29, 1.82) is 0 Å². The third kappa shape index (κ3) is 7.58. The summed E-state index contributed by atoms with van der Waals surface area (Å²) >= 11 is 0. The van der Waals surface area contributed by atoms with Gasteiger partial charge in [0.1, 0.15) is 6.08 Å². The molecule has 7 aliphatic rings. The predicted octanol–water partition coefficient (Wildman–Crippen LogP) is -1.03. The van der Waals surface area contributed by atoms with Crippen molar-refractivity contribution < 1.29 is 106 Å². The molecule has 0 radical (unpaired) electrons. The first-order valence-corrected chi connectivity index (χ1v) is 12.5. The van der Waals surface area contributed by atoms with Gasteiger partial charge in [0.15, 0.2) is 12.5 Å². The van der Waals surface area contributed by atoms with Crippen molar-refractivity contribution in [2.45, 2.75) is 76.0 Å². The van der Waals surface area contributed by atoms with E-state index < -0.39 is 123 Å². The number of fused-ring (bicyclic) bond motifs is 2. The van der Waals surface area contributed by atoms with E-state index in [2.05, 4.69) is 38.2 Å². The number of aliphatic hydroxyl groups is 1. The Balaban J connectivity index is 0.000000188. The van der Waals surface area contributed by atoms with Gasteiger partial charge in [0.05, 0.1) is 54.7 Å². The predicted molar refractivity (Wildman–Crippen MR) is 136 cm³/mol. The first-order chi connectivity index (χ1) is 28.6. The third-order valence-corrected chi connectivity index (χ3v) is 5.69. The molecular formula is C26H31N3O17. The van der Waals surface area contributed by atoms with Crippen molar-refractivity contribution in [2.75, 3.05) is 26.2 Å². The average molecular weight is 676 g/mol.